The first kappa shape index (κ1) is 27.6. The van der Waals surface area contributed by atoms with Gasteiger partial charge in [-0.1, -0.05) is 0 Å². The SMILES string of the molecule is COC(=O)OC[C@H]1OC(Oc2nn(C(C)C)c(C)c2Cc2c(F)cc(OC)cc2F)[C@H](O)[C@@H](O)[C@@H]1O. The number of halogens is 2. The Kier molecular flexibility index (Phi) is 8.71. The van der Waals surface area contributed by atoms with Crippen LogP contribution in [0.5, 0.6) is 11.6 Å². The molecule has 13 heteroatoms. The maximum atomic E-state index is 14.7. The van der Waals surface area contributed by atoms with Crippen molar-refractivity contribution in [1.82, 2.24) is 9.78 Å². The summed E-state index contributed by atoms with van der Waals surface area (Å²) in [6.07, 6.45) is -9.18. The largest absolute Gasteiger partial charge is 0.508 e. The number of ether oxygens (including phenoxy) is 5. The monoisotopic (exact) mass is 516 g/mol. The summed E-state index contributed by atoms with van der Waals surface area (Å²) >= 11 is 0. The van der Waals surface area contributed by atoms with E-state index in [4.69, 9.17) is 18.9 Å². The third-order valence-electron chi connectivity index (χ3n) is 5.86. The summed E-state index contributed by atoms with van der Waals surface area (Å²) in [5, 5.41) is 35.3. The molecule has 2 heterocycles. The van der Waals surface area contributed by atoms with Crippen LogP contribution in [0.3, 0.4) is 0 Å². The third-order valence-corrected chi connectivity index (χ3v) is 5.86. The highest BCUT2D eigenvalue weighted by atomic mass is 19.1. The quantitative estimate of drug-likeness (QED) is 0.443. The average molecular weight is 516 g/mol. The average Bonchev–Trinajstić information content (AvgIpc) is 3.15. The number of aliphatic hydroxyl groups is 3. The molecule has 2 aromatic rings. The predicted molar refractivity (Wildman–Crippen MR) is 119 cm³/mol. The van der Waals surface area contributed by atoms with Crippen molar-refractivity contribution in [1.29, 1.82) is 0 Å². The van der Waals surface area contributed by atoms with Crippen LogP contribution in [0.25, 0.3) is 0 Å². The Hall–Kier alpha value is -3.00. The lowest BCUT2D eigenvalue weighted by Crippen LogP contribution is -2.60. The molecular weight excluding hydrogens is 486 g/mol. The lowest BCUT2D eigenvalue weighted by molar-refractivity contribution is -0.278. The molecular formula is C23H30F2N2O9. The molecule has 1 aliphatic rings. The molecule has 200 valence electrons. The van der Waals surface area contributed by atoms with Crippen molar-refractivity contribution in [3.8, 4) is 11.6 Å². The molecule has 5 atom stereocenters. The number of carbonyl (C=O) groups is 1. The van der Waals surface area contributed by atoms with Gasteiger partial charge in [-0.15, -0.1) is 5.10 Å². The molecule has 3 rings (SSSR count). The fourth-order valence-corrected chi connectivity index (χ4v) is 3.84. The first-order chi connectivity index (χ1) is 17.0. The number of hydrogen-bond donors (Lipinski definition) is 3. The molecule has 36 heavy (non-hydrogen) atoms. The van der Waals surface area contributed by atoms with Gasteiger partial charge in [-0.2, -0.15) is 0 Å². The summed E-state index contributed by atoms with van der Waals surface area (Å²) in [5.74, 6) is -1.74. The maximum Gasteiger partial charge on any atom is 0.508 e. The second-order valence-corrected chi connectivity index (χ2v) is 8.55. The van der Waals surface area contributed by atoms with Gasteiger partial charge in [0.15, 0.2) is 0 Å². The summed E-state index contributed by atoms with van der Waals surface area (Å²) in [6, 6.07) is 1.95. The number of methoxy groups -OCH3 is 2. The Bertz CT molecular complexity index is 1060. The molecule has 1 aromatic heterocycles. The van der Waals surface area contributed by atoms with E-state index in [0.717, 1.165) is 19.2 Å². The molecule has 0 saturated carbocycles. The second kappa shape index (κ2) is 11.4. The number of carbonyl (C=O) groups excluding carboxylic acids is 1. The molecule has 0 amide bonds. The minimum Gasteiger partial charge on any atom is -0.497 e. The van der Waals surface area contributed by atoms with Crippen molar-refractivity contribution in [3.63, 3.8) is 0 Å². The Labute approximate surface area is 206 Å². The van der Waals surface area contributed by atoms with E-state index in [2.05, 4.69) is 9.84 Å². The van der Waals surface area contributed by atoms with Crippen LogP contribution in [0.1, 0.15) is 36.7 Å². The number of hydrogen-bond acceptors (Lipinski definition) is 10. The lowest BCUT2D eigenvalue weighted by atomic mass is 9.99. The zero-order chi connectivity index (χ0) is 26.7. The Morgan fingerprint density at radius 2 is 1.75 bits per heavy atom. The Morgan fingerprint density at radius 1 is 1.11 bits per heavy atom. The fourth-order valence-electron chi connectivity index (χ4n) is 3.84. The summed E-state index contributed by atoms with van der Waals surface area (Å²) in [6.45, 7) is 4.87. The van der Waals surface area contributed by atoms with Gasteiger partial charge in [-0.3, -0.25) is 4.68 Å². The van der Waals surface area contributed by atoms with Gasteiger partial charge in [0.05, 0.1) is 14.2 Å². The van der Waals surface area contributed by atoms with Gasteiger partial charge < -0.3 is 39.0 Å². The zero-order valence-corrected chi connectivity index (χ0v) is 20.5. The number of nitrogens with zero attached hydrogens (tertiary/aromatic N) is 2. The molecule has 0 spiro atoms. The molecule has 11 nitrogen and oxygen atoms in total. The molecule has 1 aliphatic heterocycles. The summed E-state index contributed by atoms with van der Waals surface area (Å²) in [7, 11) is 2.38. The van der Waals surface area contributed by atoms with Gasteiger partial charge in [0.25, 0.3) is 0 Å². The number of benzene rings is 1. The molecule has 1 fully saturated rings. The van der Waals surface area contributed by atoms with Crippen LogP contribution in [0.4, 0.5) is 13.6 Å². The summed E-state index contributed by atoms with van der Waals surface area (Å²) in [5.41, 5.74) is 0.605. The second-order valence-electron chi connectivity index (χ2n) is 8.55. The van der Waals surface area contributed by atoms with Crippen LogP contribution in [0.15, 0.2) is 12.1 Å². The molecule has 1 unspecified atom stereocenters. The van der Waals surface area contributed by atoms with Gasteiger partial charge in [-0.05, 0) is 20.8 Å². The standard InChI is InChI=1S/C23H30F2N2O9/c1-10(2)27-11(3)13(8-14-15(24)6-12(32-4)7-16(14)25)21(26-27)36-22-20(30)19(29)18(28)17(35-22)9-34-23(31)33-5/h6-7,10,17-20,22,28-30H,8-9H2,1-5H3/t17-,18-,19+,20-,22?/m1/s1. The highest BCUT2D eigenvalue weighted by Gasteiger charge is 2.46. The van der Waals surface area contributed by atoms with Crippen molar-refractivity contribution >= 4 is 6.16 Å². The predicted octanol–water partition coefficient (Wildman–Crippen LogP) is 1.62. The van der Waals surface area contributed by atoms with Crippen molar-refractivity contribution in [2.24, 2.45) is 0 Å². The normalized spacial score (nSPS) is 24.0. The van der Waals surface area contributed by atoms with Crippen LogP contribution in [-0.2, 0) is 20.6 Å². The minimum absolute atomic E-state index is 0.0197. The third kappa shape index (κ3) is 5.69. The number of rotatable bonds is 8. The van der Waals surface area contributed by atoms with E-state index in [1.165, 1.54) is 7.11 Å². The molecule has 0 bridgehead atoms. The van der Waals surface area contributed by atoms with Crippen LogP contribution in [0, 0.1) is 18.6 Å². The zero-order valence-electron chi connectivity index (χ0n) is 20.5. The topological polar surface area (TPSA) is 142 Å². The van der Waals surface area contributed by atoms with Gasteiger partial charge in [0.2, 0.25) is 12.2 Å². The molecule has 1 saturated heterocycles. The molecule has 0 radical (unpaired) electrons. The van der Waals surface area contributed by atoms with Crippen LogP contribution in [0.2, 0.25) is 0 Å². The lowest BCUT2D eigenvalue weighted by Gasteiger charge is -2.39. The van der Waals surface area contributed by atoms with E-state index < -0.39 is 55.1 Å². The van der Waals surface area contributed by atoms with Gasteiger partial charge in [0, 0.05) is 41.4 Å². The minimum atomic E-state index is -1.72. The molecule has 3 N–H and O–H groups in total. The van der Waals surface area contributed by atoms with E-state index in [-0.39, 0.29) is 29.7 Å². The molecule has 0 aliphatic carbocycles. The highest BCUT2D eigenvalue weighted by molar-refractivity contribution is 5.59. The summed E-state index contributed by atoms with van der Waals surface area (Å²) < 4.78 is 56.3. The first-order valence-corrected chi connectivity index (χ1v) is 11.1. The van der Waals surface area contributed by atoms with E-state index in [1.54, 1.807) is 11.6 Å². The Balaban J connectivity index is 1.93. The van der Waals surface area contributed by atoms with E-state index >= 15 is 0 Å². The van der Waals surface area contributed by atoms with Crippen molar-refractivity contribution < 1.29 is 52.6 Å². The smallest absolute Gasteiger partial charge is 0.497 e. The van der Waals surface area contributed by atoms with Gasteiger partial charge in [0.1, 0.15) is 48.4 Å². The molecule has 1 aromatic carbocycles. The maximum absolute atomic E-state index is 14.7. The summed E-state index contributed by atoms with van der Waals surface area (Å²) in [4.78, 5) is 11.3. The van der Waals surface area contributed by atoms with Crippen LogP contribution < -0.4 is 9.47 Å². The van der Waals surface area contributed by atoms with E-state index in [0.29, 0.717) is 11.3 Å². The van der Waals surface area contributed by atoms with E-state index in [1.807, 2.05) is 13.8 Å². The van der Waals surface area contributed by atoms with Crippen molar-refractivity contribution in [3.05, 3.63) is 40.6 Å². The van der Waals surface area contributed by atoms with Gasteiger partial charge in [-0.25, -0.2) is 13.6 Å². The van der Waals surface area contributed by atoms with E-state index in [9.17, 15) is 28.9 Å². The van der Waals surface area contributed by atoms with Crippen LogP contribution >= 0.6 is 0 Å². The van der Waals surface area contributed by atoms with Gasteiger partial charge >= 0.3 is 6.16 Å². The number of aliphatic hydroxyl groups excluding tert-OH is 3. The fraction of sp³-hybridized carbons (Fsp3) is 0.565. The number of aromatic nitrogens is 2. The van der Waals surface area contributed by atoms with Crippen molar-refractivity contribution in [2.45, 2.75) is 63.9 Å². The Morgan fingerprint density at radius 3 is 2.31 bits per heavy atom. The first-order valence-electron chi connectivity index (χ1n) is 11.1. The van der Waals surface area contributed by atoms with Crippen LogP contribution in [-0.4, -0.2) is 82.8 Å². The van der Waals surface area contributed by atoms with Crippen molar-refractivity contribution in [2.75, 3.05) is 20.8 Å². The highest BCUT2D eigenvalue weighted by Crippen LogP contribution is 2.32.